The summed E-state index contributed by atoms with van der Waals surface area (Å²) in [4.78, 5) is 24.1. The topological polar surface area (TPSA) is 108 Å². The van der Waals surface area contributed by atoms with E-state index in [1.165, 1.54) is 6.07 Å². The standard InChI is InChI=1S/C10H15N3O4S/c1-2-11-10(15)5-6-13-18(16,17)8-3-4-9(14)12-7-8/h3-4,7,13H,2,5-6H2,1H3,(H,11,15)(H,12,14). The van der Waals surface area contributed by atoms with E-state index in [1.54, 1.807) is 6.92 Å². The van der Waals surface area contributed by atoms with Gasteiger partial charge in [0, 0.05) is 31.8 Å². The summed E-state index contributed by atoms with van der Waals surface area (Å²) in [7, 11) is -3.69. The number of nitrogens with one attached hydrogen (secondary N) is 3. The lowest BCUT2D eigenvalue weighted by Crippen LogP contribution is -2.30. The summed E-state index contributed by atoms with van der Waals surface area (Å²) in [5, 5.41) is 2.56. The molecule has 100 valence electrons. The molecule has 0 saturated carbocycles. The second kappa shape index (κ2) is 6.31. The van der Waals surface area contributed by atoms with Gasteiger partial charge < -0.3 is 10.3 Å². The van der Waals surface area contributed by atoms with Crippen molar-refractivity contribution in [2.24, 2.45) is 0 Å². The van der Waals surface area contributed by atoms with E-state index in [0.29, 0.717) is 6.54 Å². The summed E-state index contributed by atoms with van der Waals surface area (Å²) in [6, 6.07) is 2.33. The molecule has 0 aliphatic carbocycles. The molecular weight excluding hydrogens is 258 g/mol. The Bertz CT molecular complexity index is 544. The molecule has 0 aliphatic rings. The minimum atomic E-state index is -3.69. The number of aromatic nitrogens is 1. The number of aromatic amines is 1. The van der Waals surface area contributed by atoms with Gasteiger partial charge in [0.2, 0.25) is 21.5 Å². The fourth-order valence-electron chi connectivity index (χ4n) is 1.23. The monoisotopic (exact) mass is 273 g/mol. The summed E-state index contributed by atoms with van der Waals surface area (Å²) < 4.78 is 25.7. The molecule has 8 heteroatoms. The van der Waals surface area contributed by atoms with Crippen LogP contribution in [-0.2, 0) is 14.8 Å². The Morgan fingerprint density at radius 3 is 2.67 bits per heavy atom. The van der Waals surface area contributed by atoms with Crippen molar-refractivity contribution >= 4 is 15.9 Å². The lowest BCUT2D eigenvalue weighted by atomic mass is 10.4. The largest absolute Gasteiger partial charge is 0.356 e. The normalized spacial score (nSPS) is 11.2. The molecule has 0 unspecified atom stereocenters. The average molecular weight is 273 g/mol. The summed E-state index contributed by atoms with van der Waals surface area (Å²) in [5.74, 6) is -0.221. The SMILES string of the molecule is CCNC(=O)CCNS(=O)(=O)c1ccc(=O)[nH]c1. The predicted molar refractivity (Wildman–Crippen MR) is 65.6 cm³/mol. The minimum Gasteiger partial charge on any atom is -0.356 e. The highest BCUT2D eigenvalue weighted by Crippen LogP contribution is 2.03. The van der Waals surface area contributed by atoms with E-state index in [-0.39, 0.29) is 29.3 Å². The fourth-order valence-corrected chi connectivity index (χ4v) is 2.23. The Morgan fingerprint density at radius 1 is 1.39 bits per heavy atom. The molecule has 1 aromatic rings. The molecule has 0 aromatic carbocycles. The van der Waals surface area contributed by atoms with Crippen LogP contribution in [0.15, 0.2) is 28.0 Å². The van der Waals surface area contributed by atoms with Gasteiger partial charge >= 0.3 is 0 Å². The number of hydrogen-bond donors (Lipinski definition) is 3. The van der Waals surface area contributed by atoms with Crippen LogP contribution in [0.25, 0.3) is 0 Å². The zero-order chi connectivity index (χ0) is 13.6. The quantitative estimate of drug-likeness (QED) is 0.629. The van der Waals surface area contributed by atoms with E-state index in [1.807, 2.05) is 0 Å². The number of H-pyrrole nitrogens is 1. The van der Waals surface area contributed by atoms with Gasteiger partial charge in [-0.1, -0.05) is 0 Å². The van der Waals surface area contributed by atoms with Crippen LogP contribution < -0.4 is 15.6 Å². The van der Waals surface area contributed by atoms with Crippen LogP contribution in [0.3, 0.4) is 0 Å². The number of sulfonamides is 1. The van der Waals surface area contributed by atoms with Crippen LogP contribution in [-0.4, -0.2) is 32.4 Å². The maximum atomic E-state index is 11.7. The third kappa shape index (κ3) is 4.30. The van der Waals surface area contributed by atoms with Crippen molar-refractivity contribution in [3.05, 3.63) is 28.7 Å². The zero-order valence-corrected chi connectivity index (χ0v) is 10.7. The highest BCUT2D eigenvalue weighted by molar-refractivity contribution is 7.89. The first kappa shape index (κ1) is 14.4. The lowest BCUT2D eigenvalue weighted by Gasteiger charge is -2.06. The fraction of sp³-hybridized carbons (Fsp3) is 0.400. The van der Waals surface area contributed by atoms with E-state index < -0.39 is 10.0 Å². The lowest BCUT2D eigenvalue weighted by molar-refractivity contribution is -0.120. The Balaban J connectivity index is 2.58. The first-order valence-corrected chi connectivity index (χ1v) is 6.89. The average Bonchev–Trinajstić information content (AvgIpc) is 2.29. The Labute approximate surface area is 105 Å². The predicted octanol–water partition coefficient (Wildman–Crippen LogP) is -0.821. The van der Waals surface area contributed by atoms with Crippen molar-refractivity contribution < 1.29 is 13.2 Å². The third-order valence-corrected chi connectivity index (χ3v) is 3.54. The Hall–Kier alpha value is -1.67. The maximum Gasteiger partial charge on any atom is 0.247 e. The van der Waals surface area contributed by atoms with Gasteiger partial charge in [0.1, 0.15) is 0 Å². The molecule has 0 radical (unpaired) electrons. The van der Waals surface area contributed by atoms with Crippen molar-refractivity contribution in [1.82, 2.24) is 15.0 Å². The van der Waals surface area contributed by atoms with Crippen LogP contribution in [0.1, 0.15) is 13.3 Å². The van der Waals surface area contributed by atoms with E-state index in [9.17, 15) is 18.0 Å². The number of carbonyl (C=O) groups is 1. The van der Waals surface area contributed by atoms with Gasteiger partial charge in [-0.15, -0.1) is 0 Å². The highest BCUT2D eigenvalue weighted by atomic mass is 32.2. The van der Waals surface area contributed by atoms with Gasteiger partial charge in [-0.25, -0.2) is 13.1 Å². The number of amides is 1. The molecule has 1 rings (SSSR count). The molecule has 7 nitrogen and oxygen atoms in total. The third-order valence-electron chi connectivity index (χ3n) is 2.08. The minimum absolute atomic E-state index is 0.00724. The summed E-state index contributed by atoms with van der Waals surface area (Å²) in [5.41, 5.74) is -0.378. The molecule has 18 heavy (non-hydrogen) atoms. The first-order valence-electron chi connectivity index (χ1n) is 5.41. The van der Waals surface area contributed by atoms with Crippen molar-refractivity contribution in [2.75, 3.05) is 13.1 Å². The van der Waals surface area contributed by atoms with Crippen LogP contribution in [0.4, 0.5) is 0 Å². The summed E-state index contributed by atoms with van der Waals surface area (Å²) >= 11 is 0. The maximum absolute atomic E-state index is 11.7. The van der Waals surface area contributed by atoms with E-state index in [4.69, 9.17) is 0 Å². The van der Waals surface area contributed by atoms with Crippen molar-refractivity contribution in [3.63, 3.8) is 0 Å². The van der Waals surface area contributed by atoms with Crippen molar-refractivity contribution in [3.8, 4) is 0 Å². The van der Waals surface area contributed by atoms with E-state index in [2.05, 4.69) is 15.0 Å². The van der Waals surface area contributed by atoms with Crippen LogP contribution in [0.5, 0.6) is 0 Å². The molecule has 0 aliphatic heterocycles. The van der Waals surface area contributed by atoms with E-state index >= 15 is 0 Å². The smallest absolute Gasteiger partial charge is 0.247 e. The van der Waals surface area contributed by atoms with E-state index in [0.717, 1.165) is 12.3 Å². The van der Waals surface area contributed by atoms with Gasteiger partial charge in [0.25, 0.3) is 0 Å². The number of rotatable bonds is 6. The molecule has 3 N–H and O–H groups in total. The summed E-state index contributed by atoms with van der Waals surface area (Å²) in [6.45, 7) is 2.29. The van der Waals surface area contributed by atoms with Gasteiger partial charge in [-0.3, -0.25) is 9.59 Å². The van der Waals surface area contributed by atoms with Gasteiger partial charge in [-0.2, -0.15) is 0 Å². The molecule has 0 atom stereocenters. The molecule has 0 spiro atoms. The second-order valence-electron chi connectivity index (χ2n) is 3.49. The number of hydrogen-bond acceptors (Lipinski definition) is 4. The Morgan fingerprint density at radius 2 is 2.11 bits per heavy atom. The molecule has 0 fully saturated rings. The highest BCUT2D eigenvalue weighted by Gasteiger charge is 2.13. The van der Waals surface area contributed by atoms with Crippen LogP contribution >= 0.6 is 0 Å². The molecule has 1 heterocycles. The Kier molecular flexibility index (Phi) is 5.05. The number of pyridine rings is 1. The molecule has 0 bridgehead atoms. The molecular formula is C10H15N3O4S. The number of carbonyl (C=O) groups excluding carboxylic acids is 1. The van der Waals surface area contributed by atoms with Gasteiger partial charge in [0.15, 0.2) is 0 Å². The first-order chi connectivity index (χ1) is 8.45. The van der Waals surface area contributed by atoms with Crippen LogP contribution in [0.2, 0.25) is 0 Å². The second-order valence-corrected chi connectivity index (χ2v) is 5.26. The van der Waals surface area contributed by atoms with Gasteiger partial charge in [-0.05, 0) is 13.0 Å². The zero-order valence-electron chi connectivity index (χ0n) is 9.89. The van der Waals surface area contributed by atoms with Crippen molar-refractivity contribution in [2.45, 2.75) is 18.2 Å². The van der Waals surface area contributed by atoms with Crippen LogP contribution in [0, 0.1) is 0 Å². The molecule has 0 saturated heterocycles. The van der Waals surface area contributed by atoms with Crippen molar-refractivity contribution in [1.29, 1.82) is 0 Å². The summed E-state index contributed by atoms with van der Waals surface area (Å²) in [6.07, 6.45) is 1.17. The molecule has 1 amide bonds. The van der Waals surface area contributed by atoms with Gasteiger partial charge in [0.05, 0.1) is 4.90 Å². The molecule has 1 aromatic heterocycles.